The minimum absolute atomic E-state index is 0.345. The third-order valence-electron chi connectivity index (χ3n) is 2.69. The zero-order valence-corrected chi connectivity index (χ0v) is 10.2. The van der Waals surface area contributed by atoms with Gasteiger partial charge in [0.25, 0.3) is 0 Å². The molecule has 0 fully saturated rings. The SMILES string of the molecule is Cc1ccc(N)c(OCc2ccccc2C#N)c1. The normalized spacial score (nSPS) is 9.78. The zero-order chi connectivity index (χ0) is 13.0. The number of nitrogens with zero attached hydrogens (tertiary/aromatic N) is 1. The minimum atomic E-state index is 0.345. The Bertz CT molecular complexity index is 600. The molecular formula is C15H14N2O. The van der Waals surface area contributed by atoms with E-state index >= 15 is 0 Å². The molecule has 2 rings (SSSR count). The summed E-state index contributed by atoms with van der Waals surface area (Å²) in [4.78, 5) is 0. The number of ether oxygens (including phenoxy) is 1. The number of nitriles is 1. The largest absolute Gasteiger partial charge is 0.487 e. The van der Waals surface area contributed by atoms with Crippen molar-refractivity contribution < 1.29 is 4.74 Å². The predicted octanol–water partition coefficient (Wildman–Crippen LogP) is 3.03. The fraction of sp³-hybridized carbons (Fsp3) is 0.133. The highest BCUT2D eigenvalue weighted by Crippen LogP contribution is 2.23. The molecule has 0 amide bonds. The van der Waals surface area contributed by atoms with Crippen LogP contribution >= 0.6 is 0 Å². The van der Waals surface area contributed by atoms with E-state index in [9.17, 15) is 0 Å². The summed E-state index contributed by atoms with van der Waals surface area (Å²) in [6, 6.07) is 15.2. The van der Waals surface area contributed by atoms with E-state index in [-0.39, 0.29) is 0 Å². The lowest BCUT2D eigenvalue weighted by atomic mass is 10.1. The van der Waals surface area contributed by atoms with E-state index in [1.54, 1.807) is 6.07 Å². The molecule has 0 aromatic heterocycles. The van der Waals surface area contributed by atoms with Gasteiger partial charge in [-0.05, 0) is 30.7 Å². The van der Waals surface area contributed by atoms with Gasteiger partial charge in [0, 0.05) is 5.56 Å². The van der Waals surface area contributed by atoms with E-state index in [1.807, 2.05) is 43.3 Å². The summed E-state index contributed by atoms with van der Waals surface area (Å²) >= 11 is 0. The number of nitrogen functional groups attached to an aromatic ring is 1. The lowest BCUT2D eigenvalue weighted by Gasteiger charge is -2.10. The molecule has 2 aromatic carbocycles. The number of anilines is 1. The molecular weight excluding hydrogens is 224 g/mol. The van der Waals surface area contributed by atoms with Crippen LogP contribution in [0.4, 0.5) is 5.69 Å². The predicted molar refractivity (Wildman–Crippen MR) is 71.1 cm³/mol. The van der Waals surface area contributed by atoms with E-state index in [4.69, 9.17) is 15.7 Å². The highest BCUT2D eigenvalue weighted by atomic mass is 16.5. The molecule has 0 saturated carbocycles. The average molecular weight is 238 g/mol. The van der Waals surface area contributed by atoms with Gasteiger partial charge in [-0.3, -0.25) is 0 Å². The van der Waals surface area contributed by atoms with Gasteiger partial charge >= 0.3 is 0 Å². The van der Waals surface area contributed by atoms with E-state index in [2.05, 4.69) is 6.07 Å². The first-order valence-corrected chi connectivity index (χ1v) is 5.67. The van der Waals surface area contributed by atoms with E-state index in [1.165, 1.54) is 0 Å². The number of hydrogen-bond donors (Lipinski definition) is 1. The summed E-state index contributed by atoms with van der Waals surface area (Å²) in [5, 5.41) is 8.98. The molecule has 0 saturated heterocycles. The highest BCUT2D eigenvalue weighted by molar-refractivity contribution is 5.53. The first-order chi connectivity index (χ1) is 8.70. The highest BCUT2D eigenvalue weighted by Gasteiger charge is 2.04. The molecule has 0 aliphatic rings. The van der Waals surface area contributed by atoms with Gasteiger partial charge in [0.2, 0.25) is 0 Å². The van der Waals surface area contributed by atoms with Gasteiger partial charge in [0.05, 0.1) is 17.3 Å². The first-order valence-electron chi connectivity index (χ1n) is 5.67. The summed E-state index contributed by atoms with van der Waals surface area (Å²) in [6.45, 7) is 2.33. The Hall–Kier alpha value is -2.47. The van der Waals surface area contributed by atoms with Gasteiger partial charge in [-0.1, -0.05) is 24.3 Å². The molecule has 2 aromatic rings. The minimum Gasteiger partial charge on any atom is -0.487 e. The van der Waals surface area contributed by atoms with Crippen molar-refractivity contribution in [3.63, 3.8) is 0 Å². The maximum atomic E-state index is 8.98. The smallest absolute Gasteiger partial charge is 0.142 e. The van der Waals surface area contributed by atoms with Crippen LogP contribution in [-0.2, 0) is 6.61 Å². The number of rotatable bonds is 3. The van der Waals surface area contributed by atoms with Crippen LogP contribution in [0.2, 0.25) is 0 Å². The monoisotopic (exact) mass is 238 g/mol. The Morgan fingerprint density at radius 2 is 2.00 bits per heavy atom. The van der Waals surface area contributed by atoms with Crippen LogP contribution < -0.4 is 10.5 Å². The average Bonchev–Trinajstić information content (AvgIpc) is 2.40. The standard InChI is InChI=1S/C15H14N2O/c1-11-6-7-14(17)15(8-11)18-10-13-5-3-2-4-12(13)9-16/h2-8H,10,17H2,1H3. The van der Waals surface area contributed by atoms with Crippen molar-refractivity contribution in [1.29, 1.82) is 5.26 Å². The van der Waals surface area contributed by atoms with Crippen molar-refractivity contribution in [2.24, 2.45) is 0 Å². The summed E-state index contributed by atoms with van der Waals surface area (Å²) in [5.41, 5.74) is 9.02. The van der Waals surface area contributed by atoms with Crippen molar-refractivity contribution in [2.45, 2.75) is 13.5 Å². The lowest BCUT2D eigenvalue weighted by molar-refractivity contribution is 0.307. The molecule has 0 aliphatic carbocycles. The van der Waals surface area contributed by atoms with Gasteiger partial charge in [-0.15, -0.1) is 0 Å². The van der Waals surface area contributed by atoms with Gasteiger partial charge in [0.15, 0.2) is 0 Å². The van der Waals surface area contributed by atoms with Gasteiger partial charge in [-0.25, -0.2) is 0 Å². The van der Waals surface area contributed by atoms with Crippen LogP contribution in [0.1, 0.15) is 16.7 Å². The molecule has 0 unspecified atom stereocenters. The van der Waals surface area contributed by atoms with Crippen LogP contribution in [-0.4, -0.2) is 0 Å². The van der Waals surface area contributed by atoms with Crippen molar-refractivity contribution >= 4 is 5.69 Å². The van der Waals surface area contributed by atoms with E-state index < -0.39 is 0 Å². The summed E-state index contributed by atoms with van der Waals surface area (Å²) in [6.07, 6.45) is 0. The fourth-order valence-electron chi connectivity index (χ4n) is 1.68. The van der Waals surface area contributed by atoms with Crippen molar-refractivity contribution in [2.75, 3.05) is 5.73 Å². The van der Waals surface area contributed by atoms with E-state index in [0.717, 1.165) is 11.1 Å². The lowest BCUT2D eigenvalue weighted by Crippen LogP contribution is -2.00. The topological polar surface area (TPSA) is 59.0 Å². The van der Waals surface area contributed by atoms with Crippen molar-refractivity contribution in [1.82, 2.24) is 0 Å². The molecule has 0 atom stereocenters. The van der Waals surface area contributed by atoms with Crippen molar-refractivity contribution in [3.05, 3.63) is 59.2 Å². The zero-order valence-electron chi connectivity index (χ0n) is 10.2. The first kappa shape index (κ1) is 12.0. The van der Waals surface area contributed by atoms with Crippen LogP contribution in [0.25, 0.3) is 0 Å². The van der Waals surface area contributed by atoms with E-state index in [0.29, 0.717) is 23.6 Å². The fourth-order valence-corrected chi connectivity index (χ4v) is 1.68. The van der Waals surface area contributed by atoms with Crippen LogP contribution in [0.15, 0.2) is 42.5 Å². The van der Waals surface area contributed by atoms with Crippen LogP contribution in [0.3, 0.4) is 0 Å². The maximum absolute atomic E-state index is 8.98. The number of hydrogen-bond acceptors (Lipinski definition) is 3. The molecule has 0 radical (unpaired) electrons. The molecule has 3 nitrogen and oxygen atoms in total. The second-order valence-corrected chi connectivity index (χ2v) is 4.10. The van der Waals surface area contributed by atoms with Crippen LogP contribution in [0.5, 0.6) is 5.75 Å². The summed E-state index contributed by atoms with van der Waals surface area (Å²) in [5.74, 6) is 0.655. The van der Waals surface area contributed by atoms with Gasteiger partial charge in [0.1, 0.15) is 12.4 Å². The maximum Gasteiger partial charge on any atom is 0.142 e. The molecule has 0 bridgehead atoms. The van der Waals surface area contributed by atoms with Crippen LogP contribution in [0, 0.1) is 18.3 Å². The Morgan fingerprint density at radius 1 is 1.22 bits per heavy atom. The quantitative estimate of drug-likeness (QED) is 0.836. The molecule has 0 aliphatic heterocycles. The number of aryl methyl sites for hydroxylation is 1. The summed E-state index contributed by atoms with van der Waals surface area (Å²) < 4.78 is 5.67. The second kappa shape index (κ2) is 5.24. The molecule has 90 valence electrons. The third-order valence-corrected chi connectivity index (χ3v) is 2.69. The molecule has 0 heterocycles. The van der Waals surface area contributed by atoms with Gasteiger partial charge in [-0.2, -0.15) is 5.26 Å². The second-order valence-electron chi connectivity index (χ2n) is 4.10. The Morgan fingerprint density at radius 3 is 2.78 bits per heavy atom. The van der Waals surface area contributed by atoms with Gasteiger partial charge < -0.3 is 10.5 Å². The molecule has 18 heavy (non-hydrogen) atoms. The molecule has 2 N–H and O–H groups in total. The number of benzene rings is 2. The molecule has 3 heteroatoms. The molecule has 0 spiro atoms. The number of nitrogens with two attached hydrogens (primary N) is 1. The Balaban J connectivity index is 2.17. The Kier molecular flexibility index (Phi) is 3.49. The third kappa shape index (κ3) is 2.61. The van der Waals surface area contributed by atoms with Crippen molar-refractivity contribution in [3.8, 4) is 11.8 Å². The Labute approximate surface area is 106 Å². The summed E-state index contributed by atoms with van der Waals surface area (Å²) in [7, 11) is 0.